The van der Waals surface area contributed by atoms with Gasteiger partial charge in [-0.05, 0) is 49.8 Å². The molecule has 1 amide bonds. The lowest BCUT2D eigenvalue weighted by Gasteiger charge is -2.40. The lowest BCUT2D eigenvalue weighted by Crippen LogP contribution is -2.48. The summed E-state index contributed by atoms with van der Waals surface area (Å²) < 4.78 is 11.2. The normalized spacial score (nSPS) is 22.6. The summed E-state index contributed by atoms with van der Waals surface area (Å²) in [5.74, 6) is 2.21. The molecule has 0 radical (unpaired) electrons. The van der Waals surface area contributed by atoms with Gasteiger partial charge in [-0.1, -0.05) is 11.6 Å². The summed E-state index contributed by atoms with van der Waals surface area (Å²) in [5, 5.41) is 0.545. The fraction of sp³-hybridized carbons (Fsp3) is 0.500. The summed E-state index contributed by atoms with van der Waals surface area (Å²) in [5.41, 5.74) is 3.14. The minimum Gasteiger partial charge on any atom is -0.486 e. The van der Waals surface area contributed by atoms with Gasteiger partial charge >= 0.3 is 0 Å². The first kappa shape index (κ1) is 18.7. The molecule has 0 N–H and O–H groups in total. The molecule has 7 heteroatoms. The van der Waals surface area contributed by atoms with Gasteiger partial charge in [0.2, 0.25) is 5.91 Å². The quantitative estimate of drug-likeness (QED) is 0.756. The van der Waals surface area contributed by atoms with E-state index < -0.39 is 0 Å². The van der Waals surface area contributed by atoms with E-state index in [1.807, 2.05) is 24.1 Å². The third-order valence-corrected chi connectivity index (χ3v) is 6.69. The maximum absolute atomic E-state index is 13.2. The second-order valence-corrected chi connectivity index (χ2v) is 8.66. The average Bonchev–Trinajstić information content (AvgIpc) is 3.05. The van der Waals surface area contributed by atoms with Crippen LogP contribution in [0.3, 0.4) is 0 Å². The molecule has 1 spiro atoms. The molecule has 1 aromatic heterocycles. The number of aromatic nitrogens is 2. The molecule has 1 atom stereocenters. The maximum atomic E-state index is 13.2. The summed E-state index contributed by atoms with van der Waals surface area (Å²) in [6.45, 7) is 4.46. The first-order valence-electron chi connectivity index (χ1n) is 10.2. The Labute approximate surface area is 175 Å². The second kappa shape index (κ2) is 7.17. The number of ether oxygens (including phenoxy) is 2. The van der Waals surface area contributed by atoms with Crippen molar-refractivity contribution in [1.29, 1.82) is 0 Å². The van der Waals surface area contributed by atoms with E-state index >= 15 is 0 Å². The first-order chi connectivity index (χ1) is 14.0. The highest BCUT2D eigenvalue weighted by Crippen LogP contribution is 2.44. The molecule has 6 nitrogen and oxygen atoms in total. The van der Waals surface area contributed by atoms with Crippen molar-refractivity contribution in [3.63, 3.8) is 0 Å². The fourth-order valence-corrected chi connectivity index (χ4v) is 5.11. The summed E-state index contributed by atoms with van der Waals surface area (Å²) >= 11 is 6.43. The standard InChI is InChI=1S/C22H24ClN3O3/c1-14-24-12-15-3-5-22(21(15)25-14)4-2-6-26(13-22)20(27)10-16-9-18-19(11-17(16)23)29-8-7-28-18/h9,11-12H,2-8,10,13H2,1H3. The second-order valence-electron chi connectivity index (χ2n) is 8.25. The SMILES string of the molecule is Cc1ncc2c(n1)C1(CCCN(C(=O)Cc3cc4c(cc3Cl)OCCO4)C1)CC2. The lowest BCUT2D eigenvalue weighted by molar-refractivity contribution is -0.132. The molecule has 2 aliphatic heterocycles. The number of hydrogen-bond acceptors (Lipinski definition) is 5. The molecule has 0 bridgehead atoms. The van der Waals surface area contributed by atoms with E-state index in [2.05, 4.69) is 4.98 Å². The molecule has 1 aliphatic carbocycles. The maximum Gasteiger partial charge on any atom is 0.227 e. The molecule has 5 rings (SSSR count). The number of carbonyl (C=O) groups is 1. The third-order valence-electron chi connectivity index (χ3n) is 6.34. The van der Waals surface area contributed by atoms with E-state index in [0.29, 0.717) is 29.7 Å². The van der Waals surface area contributed by atoms with Crippen LogP contribution in [0.1, 0.15) is 41.9 Å². The van der Waals surface area contributed by atoms with Gasteiger partial charge in [0.15, 0.2) is 11.5 Å². The number of hydrogen-bond donors (Lipinski definition) is 0. The van der Waals surface area contributed by atoms with Crippen molar-refractivity contribution in [2.45, 2.75) is 44.4 Å². The number of benzene rings is 1. The summed E-state index contributed by atoms with van der Waals surface area (Å²) in [4.78, 5) is 24.3. The topological polar surface area (TPSA) is 64.6 Å². The highest BCUT2D eigenvalue weighted by atomic mass is 35.5. The van der Waals surface area contributed by atoms with Gasteiger partial charge in [0.25, 0.3) is 0 Å². The van der Waals surface area contributed by atoms with Crippen molar-refractivity contribution in [1.82, 2.24) is 14.9 Å². The van der Waals surface area contributed by atoms with Gasteiger partial charge in [0, 0.05) is 35.8 Å². The molecule has 1 fully saturated rings. The van der Waals surface area contributed by atoms with E-state index in [-0.39, 0.29) is 17.7 Å². The molecule has 152 valence electrons. The number of amides is 1. The van der Waals surface area contributed by atoms with Gasteiger partial charge in [0.05, 0.1) is 12.1 Å². The van der Waals surface area contributed by atoms with Gasteiger partial charge < -0.3 is 14.4 Å². The van der Waals surface area contributed by atoms with Crippen molar-refractivity contribution in [2.75, 3.05) is 26.3 Å². The van der Waals surface area contributed by atoms with Gasteiger partial charge in [-0.3, -0.25) is 4.79 Å². The molecule has 2 aromatic rings. The van der Waals surface area contributed by atoms with Gasteiger partial charge in [-0.15, -0.1) is 0 Å². The molecule has 1 aromatic carbocycles. The van der Waals surface area contributed by atoms with Gasteiger partial charge in [-0.25, -0.2) is 9.97 Å². The zero-order valence-corrected chi connectivity index (χ0v) is 17.3. The number of halogens is 1. The summed E-state index contributed by atoms with van der Waals surface area (Å²) in [6.07, 6.45) is 6.32. The van der Waals surface area contributed by atoms with E-state index in [0.717, 1.165) is 55.9 Å². The third kappa shape index (κ3) is 3.33. The number of likely N-dealkylation sites (tertiary alicyclic amines) is 1. The van der Waals surface area contributed by atoms with Gasteiger partial charge in [0.1, 0.15) is 19.0 Å². The largest absolute Gasteiger partial charge is 0.486 e. The van der Waals surface area contributed by atoms with Crippen molar-refractivity contribution in [2.24, 2.45) is 0 Å². The van der Waals surface area contributed by atoms with Crippen LogP contribution in [-0.2, 0) is 23.1 Å². The zero-order valence-electron chi connectivity index (χ0n) is 16.5. The van der Waals surface area contributed by atoms with Crippen molar-refractivity contribution < 1.29 is 14.3 Å². The Balaban J connectivity index is 1.36. The van der Waals surface area contributed by atoms with Crippen LogP contribution in [0.5, 0.6) is 11.5 Å². The van der Waals surface area contributed by atoms with Crippen LogP contribution >= 0.6 is 11.6 Å². The molecular weight excluding hydrogens is 390 g/mol. The number of aryl methyl sites for hydroxylation is 2. The summed E-state index contributed by atoms with van der Waals surface area (Å²) in [7, 11) is 0. The van der Waals surface area contributed by atoms with Crippen LogP contribution in [0.4, 0.5) is 0 Å². The predicted octanol–water partition coefficient (Wildman–Crippen LogP) is 3.26. The average molecular weight is 414 g/mol. The van der Waals surface area contributed by atoms with Crippen LogP contribution in [0.15, 0.2) is 18.3 Å². The van der Waals surface area contributed by atoms with Crippen LogP contribution < -0.4 is 9.47 Å². The minimum absolute atomic E-state index is 0.0342. The number of rotatable bonds is 2. The molecule has 3 aliphatic rings. The van der Waals surface area contributed by atoms with E-state index in [4.69, 9.17) is 26.1 Å². The monoisotopic (exact) mass is 413 g/mol. The van der Waals surface area contributed by atoms with Crippen LogP contribution in [0.2, 0.25) is 5.02 Å². The van der Waals surface area contributed by atoms with Crippen LogP contribution in [0, 0.1) is 6.92 Å². The highest BCUT2D eigenvalue weighted by Gasteiger charge is 2.44. The number of piperidine rings is 1. The first-order valence-corrected chi connectivity index (χ1v) is 10.6. The Bertz CT molecular complexity index is 976. The van der Waals surface area contributed by atoms with Crippen molar-refractivity contribution in [3.05, 3.63) is 46.0 Å². The smallest absolute Gasteiger partial charge is 0.227 e. The number of fused-ring (bicyclic) bond motifs is 3. The Kier molecular flexibility index (Phi) is 4.62. The van der Waals surface area contributed by atoms with Crippen molar-refractivity contribution in [3.8, 4) is 11.5 Å². The molecule has 3 heterocycles. The van der Waals surface area contributed by atoms with Gasteiger partial charge in [-0.2, -0.15) is 0 Å². The van der Waals surface area contributed by atoms with E-state index in [9.17, 15) is 4.79 Å². The lowest BCUT2D eigenvalue weighted by atomic mass is 9.77. The molecule has 29 heavy (non-hydrogen) atoms. The Morgan fingerprint density at radius 2 is 2.03 bits per heavy atom. The number of carbonyl (C=O) groups excluding carboxylic acids is 1. The van der Waals surface area contributed by atoms with E-state index in [1.165, 1.54) is 5.56 Å². The summed E-state index contributed by atoms with van der Waals surface area (Å²) in [6, 6.07) is 3.60. The molecule has 1 saturated heterocycles. The van der Waals surface area contributed by atoms with Crippen molar-refractivity contribution >= 4 is 17.5 Å². The molecule has 1 unspecified atom stereocenters. The Hall–Kier alpha value is -2.34. The molecular formula is C22H24ClN3O3. The number of nitrogens with zero attached hydrogens (tertiary/aromatic N) is 3. The zero-order chi connectivity index (χ0) is 20.0. The van der Waals surface area contributed by atoms with E-state index in [1.54, 1.807) is 6.07 Å². The van der Waals surface area contributed by atoms with Crippen LogP contribution in [-0.4, -0.2) is 47.1 Å². The molecule has 0 saturated carbocycles. The Morgan fingerprint density at radius 1 is 1.24 bits per heavy atom. The highest BCUT2D eigenvalue weighted by molar-refractivity contribution is 6.31. The minimum atomic E-state index is -0.0342. The predicted molar refractivity (Wildman–Crippen MR) is 109 cm³/mol. The fourth-order valence-electron chi connectivity index (χ4n) is 4.89. The Morgan fingerprint density at radius 3 is 2.86 bits per heavy atom. The van der Waals surface area contributed by atoms with Crippen LogP contribution in [0.25, 0.3) is 0 Å².